The third-order valence-electron chi connectivity index (χ3n) is 3.34. The Kier molecular flexibility index (Phi) is 3.83. The molecule has 1 heterocycles. The van der Waals surface area contributed by atoms with Crippen LogP contribution in [0.4, 0.5) is 4.39 Å². The topological polar surface area (TPSA) is 46.6 Å². The second-order valence-corrected chi connectivity index (χ2v) is 4.78. The molecule has 0 aromatic heterocycles. The van der Waals surface area contributed by atoms with Crippen molar-refractivity contribution < 1.29 is 18.7 Å². The van der Waals surface area contributed by atoms with E-state index in [1.54, 1.807) is 24.0 Å². The Morgan fingerprint density at radius 1 is 1.53 bits per heavy atom. The number of nitrogens with zero attached hydrogens (tertiary/aromatic N) is 1. The van der Waals surface area contributed by atoms with E-state index in [9.17, 15) is 14.0 Å². The van der Waals surface area contributed by atoms with E-state index >= 15 is 0 Å². The van der Waals surface area contributed by atoms with Gasteiger partial charge in [-0.1, -0.05) is 12.1 Å². The van der Waals surface area contributed by atoms with Gasteiger partial charge in [0.05, 0.1) is 13.0 Å². The van der Waals surface area contributed by atoms with Crippen molar-refractivity contribution in [1.29, 1.82) is 0 Å². The molecule has 0 aliphatic carbocycles. The second kappa shape index (κ2) is 5.38. The summed E-state index contributed by atoms with van der Waals surface area (Å²) < 4.78 is 17.8. The van der Waals surface area contributed by atoms with Gasteiger partial charge in [0.25, 0.3) is 0 Å². The fourth-order valence-electron chi connectivity index (χ4n) is 2.28. The van der Waals surface area contributed by atoms with Gasteiger partial charge in [0.1, 0.15) is 5.82 Å². The second-order valence-electron chi connectivity index (χ2n) is 4.78. The van der Waals surface area contributed by atoms with Crippen LogP contribution >= 0.6 is 0 Å². The molecule has 102 valence electrons. The summed E-state index contributed by atoms with van der Waals surface area (Å²) in [6, 6.07) is 4.76. The smallest absolute Gasteiger partial charge is 0.310 e. The number of likely N-dealkylation sites (tertiary alicyclic amines) is 1. The van der Waals surface area contributed by atoms with Crippen LogP contribution in [0.5, 0.6) is 0 Å². The maximum Gasteiger partial charge on any atom is 0.310 e. The highest BCUT2D eigenvalue weighted by Crippen LogP contribution is 2.21. The van der Waals surface area contributed by atoms with Crippen molar-refractivity contribution in [3.63, 3.8) is 0 Å². The van der Waals surface area contributed by atoms with E-state index in [0.717, 1.165) is 5.56 Å². The first-order chi connectivity index (χ1) is 9.01. The maximum absolute atomic E-state index is 13.2. The lowest BCUT2D eigenvalue weighted by molar-refractivity contribution is -0.145. The van der Waals surface area contributed by atoms with Gasteiger partial charge < -0.3 is 9.64 Å². The molecule has 2 rings (SSSR count). The van der Waals surface area contributed by atoms with E-state index in [1.165, 1.54) is 13.2 Å². The number of aryl methyl sites for hydroxylation is 1. The molecule has 1 fully saturated rings. The summed E-state index contributed by atoms with van der Waals surface area (Å²) in [6.45, 7) is 2.44. The Hall–Kier alpha value is -1.91. The van der Waals surface area contributed by atoms with Gasteiger partial charge in [-0.2, -0.15) is 0 Å². The Bertz CT molecular complexity index is 515. The zero-order valence-electron chi connectivity index (χ0n) is 11.0. The number of carbonyl (C=O) groups excluding carboxylic acids is 2. The molecule has 1 aliphatic rings. The van der Waals surface area contributed by atoms with E-state index in [-0.39, 0.29) is 30.0 Å². The van der Waals surface area contributed by atoms with Gasteiger partial charge in [-0.25, -0.2) is 4.39 Å². The number of amides is 1. The third kappa shape index (κ3) is 2.92. The van der Waals surface area contributed by atoms with Crippen molar-refractivity contribution in [2.24, 2.45) is 5.92 Å². The van der Waals surface area contributed by atoms with Crippen LogP contribution in [0.15, 0.2) is 18.2 Å². The third-order valence-corrected chi connectivity index (χ3v) is 3.34. The number of halogens is 1. The molecule has 0 bridgehead atoms. The van der Waals surface area contributed by atoms with Gasteiger partial charge in [0.2, 0.25) is 5.91 Å². The minimum Gasteiger partial charge on any atom is -0.469 e. The first-order valence-corrected chi connectivity index (χ1v) is 6.12. The summed E-state index contributed by atoms with van der Waals surface area (Å²) in [6.07, 6.45) is 0.187. The Morgan fingerprint density at radius 2 is 2.26 bits per heavy atom. The summed E-state index contributed by atoms with van der Waals surface area (Å²) in [7, 11) is 1.32. The SMILES string of the molecule is COC(=O)C1CC(=O)N(Cc2ccc(F)c(C)c2)C1. The quantitative estimate of drug-likeness (QED) is 0.781. The van der Waals surface area contributed by atoms with Crippen molar-refractivity contribution in [3.05, 3.63) is 35.1 Å². The van der Waals surface area contributed by atoms with Crippen LogP contribution in [-0.2, 0) is 20.9 Å². The lowest BCUT2D eigenvalue weighted by Gasteiger charge is -2.16. The molecule has 0 radical (unpaired) electrons. The van der Waals surface area contributed by atoms with Gasteiger partial charge in [-0.15, -0.1) is 0 Å². The van der Waals surface area contributed by atoms with Crippen LogP contribution in [0, 0.1) is 18.7 Å². The Balaban J connectivity index is 2.05. The van der Waals surface area contributed by atoms with Gasteiger partial charge in [0.15, 0.2) is 0 Å². The van der Waals surface area contributed by atoms with Crippen molar-refractivity contribution in [3.8, 4) is 0 Å². The minimum absolute atomic E-state index is 0.0719. The van der Waals surface area contributed by atoms with Crippen LogP contribution in [-0.4, -0.2) is 30.4 Å². The molecule has 0 spiro atoms. The largest absolute Gasteiger partial charge is 0.469 e. The maximum atomic E-state index is 13.2. The predicted octanol–water partition coefficient (Wildman–Crippen LogP) is 1.66. The van der Waals surface area contributed by atoms with E-state index in [0.29, 0.717) is 18.7 Å². The van der Waals surface area contributed by atoms with Crippen LogP contribution in [0.2, 0.25) is 0 Å². The average Bonchev–Trinajstić information content (AvgIpc) is 2.74. The fourth-order valence-corrected chi connectivity index (χ4v) is 2.28. The summed E-state index contributed by atoms with van der Waals surface area (Å²) in [5.41, 5.74) is 1.41. The normalized spacial score (nSPS) is 18.8. The average molecular weight is 265 g/mol. The van der Waals surface area contributed by atoms with Crippen LogP contribution in [0.25, 0.3) is 0 Å². The van der Waals surface area contributed by atoms with Crippen molar-refractivity contribution >= 4 is 11.9 Å². The number of rotatable bonds is 3. The Labute approximate surface area is 111 Å². The van der Waals surface area contributed by atoms with Gasteiger partial charge in [0, 0.05) is 19.5 Å². The molecule has 1 aromatic carbocycles. The molecule has 1 aliphatic heterocycles. The molecule has 4 nitrogen and oxygen atoms in total. The molecule has 19 heavy (non-hydrogen) atoms. The highest BCUT2D eigenvalue weighted by Gasteiger charge is 2.34. The van der Waals surface area contributed by atoms with Crippen LogP contribution < -0.4 is 0 Å². The van der Waals surface area contributed by atoms with Crippen LogP contribution in [0.1, 0.15) is 17.5 Å². The fraction of sp³-hybridized carbons (Fsp3) is 0.429. The number of ether oxygens (including phenoxy) is 1. The van der Waals surface area contributed by atoms with Crippen LogP contribution in [0.3, 0.4) is 0 Å². The number of hydrogen-bond acceptors (Lipinski definition) is 3. The number of carbonyl (C=O) groups is 2. The number of benzene rings is 1. The van der Waals surface area contributed by atoms with Gasteiger partial charge in [-0.3, -0.25) is 9.59 Å². The molecule has 1 saturated heterocycles. The molecule has 0 saturated carbocycles. The first kappa shape index (κ1) is 13.5. The van der Waals surface area contributed by atoms with E-state index < -0.39 is 0 Å². The molecule has 1 atom stereocenters. The summed E-state index contributed by atoms with van der Waals surface area (Å²) in [5.74, 6) is -1.08. The molecular weight excluding hydrogens is 249 g/mol. The lowest BCUT2D eigenvalue weighted by atomic mass is 10.1. The first-order valence-electron chi connectivity index (χ1n) is 6.12. The van der Waals surface area contributed by atoms with Gasteiger partial charge >= 0.3 is 5.97 Å². The molecule has 5 heteroatoms. The van der Waals surface area contributed by atoms with Gasteiger partial charge in [-0.05, 0) is 24.1 Å². The molecule has 1 amide bonds. The van der Waals surface area contributed by atoms with E-state index in [2.05, 4.69) is 4.74 Å². The molecular formula is C14H16FNO3. The molecule has 1 unspecified atom stereocenters. The van der Waals surface area contributed by atoms with Crippen molar-refractivity contribution in [1.82, 2.24) is 4.90 Å². The van der Waals surface area contributed by atoms with E-state index in [4.69, 9.17) is 0 Å². The minimum atomic E-state index is -0.390. The zero-order valence-corrected chi connectivity index (χ0v) is 11.0. The van der Waals surface area contributed by atoms with Crippen molar-refractivity contribution in [2.45, 2.75) is 19.9 Å². The molecule has 0 N–H and O–H groups in total. The zero-order chi connectivity index (χ0) is 14.0. The monoisotopic (exact) mass is 265 g/mol. The number of hydrogen-bond donors (Lipinski definition) is 0. The van der Waals surface area contributed by atoms with Crippen molar-refractivity contribution in [2.75, 3.05) is 13.7 Å². The summed E-state index contributed by atoms with van der Waals surface area (Å²) in [4.78, 5) is 24.8. The Morgan fingerprint density at radius 3 is 2.89 bits per heavy atom. The standard InChI is InChI=1S/C14H16FNO3/c1-9-5-10(3-4-12(9)15)7-16-8-11(6-13(16)17)14(18)19-2/h3-5,11H,6-8H2,1-2H3. The summed E-state index contributed by atoms with van der Waals surface area (Å²) in [5, 5.41) is 0. The number of methoxy groups -OCH3 is 1. The van der Waals surface area contributed by atoms with E-state index in [1.807, 2.05) is 0 Å². The number of esters is 1. The lowest BCUT2D eigenvalue weighted by Crippen LogP contribution is -2.26. The summed E-state index contributed by atoms with van der Waals surface area (Å²) >= 11 is 0. The predicted molar refractivity (Wildman–Crippen MR) is 66.7 cm³/mol. The highest BCUT2D eigenvalue weighted by atomic mass is 19.1. The highest BCUT2D eigenvalue weighted by molar-refractivity contribution is 5.86. The molecule has 1 aromatic rings.